The molecule has 164 valence electrons. The van der Waals surface area contributed by atoms with Gasteiger partial charge in [0, 0.05) is 37.6 Å². The van der Waals surface area contributed by atoms with E-state index in [9.17, 15) is 13.6 Å². The van der Waals surface area contributed by atoms with E-state index in [0.717, 1.165) is 28.8 Å². The molecule has 32 heavy (non-hydrogen) atoms. The average molecular weight is 436 g/mol. The van der Waals surface area contributed by atoms with Crippen molar-refractivity contribution in [3.63, 3.8) is 0 Å². The molecule has 8 heteroatoms. The maximum absolute atomic E-state index is 13.8. The molecular weight excluding hydrogens is 414 g/mol. The van der Waals surface area contributed by atoms with Crippen LogP contribution >= 0.6 is 0 Å². The zero-order valence-corrected chi connectivity index (χ0v) is 17.6. The minimum Gasteiger partial charge on any atom is -0.494 e. The molecule has 3 aromatic rings. The third kappa shape index (κ3) is 4.42. The predicted molar refractivity (Wildman–Crippen MR) is 120 cm³/mol. The summed E-state index contributed by atoms with van der Waals surface area (Å²) >= 11 is 0. The summed E-state index contributed by atoms with van der Waals surface area (Å²) in [6.45, 7) is 4.34. The second-order valence-electron chi connectivity index (χ2n) is 7.32. The minimum absolute atomic E-state index is 0.0592. The van der Waals surface area contributed by atoms with Gasteiger partial charge in [0.25, 0.3) is 0 Å². The number of urea groups is 1. The molecule has 0 spiro atoms. The van der Waals surface area contributed by atoms with Gasteiger partial charge >= 0.3 is 6.03 Å². The molecule has 2 amide bonds. The summed E-state index contributed by atoms with van der Waals surface area (Å²) in [6.07, 6.45) is 5.75. The van der Waals surface area contributed by atoms with E-state index < -0.39 is 17.7 Å². The van der Waals surface area contributed by atoms with Crippen LogP contribution in [0.15, 0.2) is 42.5 Å². The molecule has 1 N–H and O–H groups in total. The number of piperazine rings is 1. The normalized spacial score (nSPS) is 13.7. The van der Waals surface area contributed by atoms with Crippen LogP contribution in [0, 0.1) is 24.0 Å². The molecule has 1 saturated heterocycles. The molecular formula is C24H22F2N4O2. The highest BCUT2D eigenvalue weighted by Gasteiger charge is 2.24. The van der Waals surface area contributed by atoms with E-state index in [1.807, 2.05) is 36.1 Å². The van der Waals surface area contributed by atoms with Gasteiger partial charge in [-0.15, -0.1) is 6.42 Å². The van der Waals surface area contributed by atoms with Crippen molar-refractivity contribution in [1.29, 1.82) is 0 Å². The Morgan fingerprint density at radius 2 is 1.94 bits per heavy atom. The molecule has 0 aliphatic carbocycles. The summed E-state index contributed by atoms with van der Waals surface area (Å²) < 4.78 is 32.4. The number of fused-ring (bicyclic) bond motifs is 1. The highest BCUT2D eigenvalue weighted by molar-refractivity contribution is 5.90. The number of carbonyl (C=O) groups is 1. The van der Waals surface area contributed by atoms with Crippen LogP contribution < -0.4 is 15.0 Å². The lowest BCUT2D eigenvalue weighted by atomic mass is 10.1. The first-order chi connectivity index (χ1) is 15.5. The molecule has 2 aromatic carbocycles. The number of nitrogens with zero attached hydrogens (tertiary/aromatic N) is 3. The number of rotatable bonds is 4. The van der Waals surface area contributed by atoms with Crippen molar-refractivity contribution in [2.75, 3.05) is 43.0 Å². The molecule has 1 aliphatic rings. The van der Waals surface area contributed by atoms with Gasteiger partial charge in [-0.05, 0) is 43.3 Å². The summed E-state index contributed by atoms with van der Waals surface area (Å²) in [5.74, 6) is 2.64. The Balaban J connectivity index is 1.47. The highest BCUT2D eigenvalue weighted by atomic mass is 19.1. The maximum Gasteiger partial charge on any atom is 0.322 e. The van der Waals surface area contributed by atoms with Gasteiger partial charge < -0.3 is 19.9 Å². The zero-order chi connectivity index (χ0) is 22.7. The number of pyridine rings is 1. The molecule has 6 nitrogen and oxygen atoms in total. The van der Waals surface area contributed by atoms with Crippen molar-refractivity contribution in [3.05, 3.63) is 59.7 Å². The smallest absolute Gasteiger partial charge is 0.322 e. The average Bonchev–Trinajstić information content (AvgIpc) is 2.80. The topological polar surface area (TPSA) is 57.7 Å². The number of hydrogen-bond donors (Lipinski definition) is 1. The summed E-state index contributed by atoms with van der Waals surface area (Å²) in [5.41, 5.74) is 1.41. The van der Waals surface area contributed by atoms with Crippen LogP contribution in [-0.4, -0.2) is 48.7 Å². The number of anilines is 2. The van der Waals surface area contributed by atoms with Crippen LogP contribution in [0.3, 0.4) is 0 Å². The van der Waals surface area contributed by atoms with E-state index in [2.05, 4.69) is 11.2 Å². The van der Waals surface area contributed by atoms with Crippen LogP contribution in [0.5, 0.6) is 5.75 Å². The molecule has 0 bridgehead atoms. The van der Waals surface area contributed by atoms with Crippen molar-refractivity contribution >= 4 is 28.4 Å². The van der Waals surface area contributed by atoms with E-state index in [-0.39, 0.29) is 5.69 Å². The Labute approximate surface area is 184 Å². The lowest BCUT2D eigenvalue weighted by molar-refractivity contribution is 0.208. The minimum atomic E-state index is -0.816. The molecule has 0 unspecified atom stereocenters. The van der Waals surface area contributed by atoms with Gasteiger partial charge in [-0.3, -0.25) is 0 Å². The molecule has 0 atom stereocenters. The quantitative estimate of drug-likeness (QED) is 0.622. The fourth-order valence-corrected chi connectivity index (χ4v) is 3.65. The fraction of sp³-hybridized carbons (Fsp3) is 0.250. The Kier molecular flexibility index (Phi) is 6.08. The van der Waals surface area contributed by atoms with Gasteiger partial charge in [-0.25, -0.2) is 18.6 Å². The van der Waals surface area contributed by atoms with E-state index in [1.165, 1.54) is 6.07 Å². The largest absolute Gasteiger partial charge is 0.494 e. The van der Waals surface area contributed by atoms with Crippen LogP contribution in [0.4, 0.5) is 25.1 Å². The van der Waals surface area contributed by atoms with Crippen molar-refractivity contribution in [3.8, 4) is 18.1 Å². The third-order valence-electron chi connectivity index (χ3n) is 5.27. The van der Waals surface area contributed by atoms with Gasteiger partial charge in [0.1, 0.15) is 23.2 Å². The number of benzene rings is 2. The number of hydrogen-bond acceptors (Lipinski definition) is 4. The van der Waals surface area contributed by atoms with E-state index >= 15 is 0 Å². The maximum atomic E-state index is 13.8. The monoisotopic (exact) mass is 436 g/mol. The number of halogens is 2. The third-order valence-corrected chi connectivity index (χ3v) is 5.27. The summed E-state index contributed by atoms with van der Waals surface area (Å²) in [7, 11) is 0. The van der Waals surface area contributed by atoms with Crippen molar-refractivity contribution in [2.45, 2.75) is 6.92 Å². The SMILES string of the molecule is C#Cc1cc2cc(OCC)ccc2nc1N1CCN(C(=O)Nc2ccc(F)cc2F)CC1. The van der Waals surface area contributed by atoms with E-state index in [4.69, 9.17) is 16.1 Å². The highest BCUT2D eigenvalue weighted by Crippen LogP contribution is 2.27. The lowest BCUT2D eigenvalue weighted by Gasteiger charge is -2.36. The lowest BCUT2D eigenvalue weighted by Crippen LogP contribution is -2.50. The number of nitrogens with one attached hydrogen (secondary N) is 1. The summed E-state index contributed by atoms with van der Waals surface area (Å²) in [5, 5.41) is 3.39. The number of ether oxygens (including phenoxy) is 1. The van der Waals surface area contributed by atoms with Gasteiger partial charge in [-0.1, -0.05) is 5.92 Å². The Morgan fingerprint density at radius 3 is 2.62 bits per heavy atom. The van der Waals surface area contributed by atoms with Crippen molar-refractivity contribution < 1.29 is 18.3 Å². The predicted octanol–water partition coefficient (Wildman–Crippen LogP) is 4.25. The first-order valence-corrected chi connectivity index (χ1v) is 10.3. The van der Waals surface area contributed by atoms with Crippen LogP contribution in [-0.2, 0) is 0 Å². The molecule has 0 saturated carbocycles. The van der Waals surface area contributed by atoms with Gasteiger partial charge in [0.2, 0.25) is 0 Å². The Hall–Kier alpha value is -3.86. The summed E-state index contributed by atoms with van der Waals surface area (Å²) in [6, 6.07) is 10.2. The van der Waals surface area contributed by atoms with Gasteiger partial charge in [0.15, 0.2) is 0 Å². The van der Waals surface area contributed by atoms with Crippen LogP contribution in [0.2, 0.25) is 0 Å². The van der Waals surface area contributed by atoms with Gasteiger partial charge in [-0.2, -0.15) is 0 Å². The second kappa shape index (κ2) is 9.10. The fourth-order valence-electron chi connectivity index (χ4n) is 3.65. The van der Waals surface area contributed by atoms with Crippen LogP contribution in [0.25, 0.3) is 10.9 Å². The Morgan fingerprint density at radius 1 is 1.16 bits per heavy atom. The second-order valence-corrected chi connectivity index (χ2v) is 7.32. The number of carbonyl (C=O) groups excluding carboxylic acids is 1. The molecule has 1 aliphatic heterocycles. The Bertz CT molecular complexity index is 1200. The van der Waals surface area contributed by atoms with Crippen LogP contribution in [0.1, 0.15) is 12.5 Å². The molecule has 1 aromatic heterocycles. The van der Waals surface area contributed by atoms with E-state index in [1.54, 1.807) is 4.90 Å². The van der Waals surface area contributed by atoms with E-state index in [0.29, 0.717) is 44.2 Å². The van der Waals surface area contributed by atoms with Crippen molar-refractivity contribution in [2.24, 2.45) is 0 Å². The molecule has 0 radical (unpaired) electrons. The number of terminal acetylenes is 1. The number of amides is 2. The summed E-state index contributed by atoms with van der Waals surface area (Å²) in [4.78, 5) is 20.9. The molecule has 1 fully saturated rings. The zero-order valence-electron chi connectivity index (χ0n) is 17.6. The first kappa shape index (κ1) is 21.4. The molecule has 4 rings (SSSR count). The van der Waals surface area contributed by atoms with Crippen molar-refractivity contribution in [1.82, 2.24) is 9.88 Å². The van der Waals surface area contributed by atoms with Gasteiger partial charge in [0.05, 0.1) is 23.4 Å². The standard InChI is InChI=1S/C24H22F2N4O2/c1-3-16-13-17-14-19(32-4-2)6-8-21(17)27-23(16)29-9-11-30(12-10-29)24(31)28-22-7-5-18(25)15-20(22)26/h1,5-8,13-15H,4,9-12H2,2H3,(H,28,31). The molecule has 2 heterocycles. The first-order valence-electron chi connectivity index (χ1n) is 10.3. The number of aromatic nitrogens is 1.